The van der Waals surface area contributed by atoms with E-state index in [4.69, 9.17) is 9.47 Å². The highest BCUT2D eigenvalue weighted by molar-refractivity contribution is 14.1. The molecule has 2 fully saturated rings. The molecule has 1 aliphatic heterocycles. The summed E-state index contributed by atoms with van der Waals surface area (Å²) in [5.74, 6) is -0.604. The van der Waals surface area contributed by atoms with Gasteiger partial charge in [-0.2, -0.15) is 0 Å². The molecule has 5 heteroatoms. The van der Waals surface area contributed by atoms with Gasteiger partial charge in [-0.1, -0.05) is 52.9 Å². The molecule has 0 spiro atoms. The van der Waals surface area contributed by atoms with Crippen molar-refractivity contribution in [3.63, 3.8) is 0 Å². The molecule has 1 heterocycles. The molecule has 1 N–H and O–H groups in total. The largest absolute Gasteiger partial charge is 0.481 e. The van der Waals surface area contributed by atoms with Gasteiger partial charge in [0.25, 0.3) is 0 Å². The number of carboxylic acids is 1. The predicted molar refractivity (Wildman–Crippen MR) is 100 cm³/mol. The van der Waals surface area contributed by atoms with Crippen molar-refractivity contribution in [3.05, 3.63) is 35.9 Å². The molecular formula is C19H25IO4. The summed E-state index contributed by atoms with van der Waals surface area (Å²) in [7, 11) is 0. The zero-order chi connectivity index (χ0) is 16.9. The van der Waals surface area contributed by atoms with Crippen LogP contribution in [0.1, 0.15) is 37.7 Å². The summed E-state index contributed by atoms with van der Waals surface area (Å²) in [4.78, 5) is 11.5. The average Bonchev–Trinajstić information content (AvgIpc) is 3.12. The SMILES string of the molecule is O=C(O)C(CCCI)C1C[C@H]2C[C@@H](OCc3ccccc3)C[C@H]2O1. The van der Waals surface area contributed by atoms with Gasteiger partial charge in [0.05, 0.1) is 30.8 Å². The monoisotopic (exact) mass is 444 g/mol. The van der Waals surface area contributed by atoms with Crippen LogP contribution in [-0.4, -0.2) is 33.8 Å². The molecule has 0 amide bonds. The molecule has 1 saturated heterocycles. The van der Waals surface area contributed by atoms with Crippen LogP contribution in [0.2, 0.25) is 0 Å². The quantitative estimate of drug-likeness (QED) is 0.486. The first-order valence-electron chi connectivity index (χ1n) is 8.77. The Labute approximate surface area is 157 Å². The van der Waals surface area contributed by atoms with Crippen LogP contribution in [0.4, 0.5) is 0 Å². The van der Waals surface area contributed by atoms with Crippen molar-refractivity contribution in [1.29, 1.82) is 0 Å². The fourth-order valence-electron chi connectivity index (χ4n) is 3.98. The van der Waals surface area contributed by atoms with Gasteiger partial charge < -0.3 is 14.6 Å². The fourth-order valence-corrected chi connectivity index (χ4v) is 4.42. The molecule has 0 radical (unpaired) electrons. The third-order valence-corrected chi connectivity index (χ3v) is 5.98. The minimum Gasteiger partial charge on any atom is -0.481 e. The van der Waals surface area contributed by atoms with Gasteiger partial charge in [-0.15, -0.1) is 0 Å². The van der Waals surface area contributed by atoms with Gasteiger partial charge in [0.15, 0.2) is 0 Å². The summed E-state index contributed by atoms with van der Waals surface area (Å²) < 4.78 is 13.2. The van der Waals surface area contributed by atoms with E-state index in [1.165, 1.54) is 5.56 Å². The zero-order valence-electron chi connectivity index (χ0n) is 13.8. The molecule has 0 bridgehead atoms. The first-order chi connectivity index (χ1) is 11.7. The first kappa shape index (κ1) is 18.1. The minimum absolute atomic E-state index is 0.115. The Bertz CT molecular complexity index is 521. The molecule has 5 atom stereocenters. The lowest BCUT2D eigenvalue weighted by Crippen LogP contribution is -2.29. The van der Waals surface area contributed by atoms with Crippen molar-refractivity contribution < 1.29 is 19.4 Å². The molecule has 1 aliphatic carbocycles. The number of carboxylic acid groups (broad SMARTS) is 1. The number of benzene rings is 1. The Balaban J connectivity index is 1.47. The van der Waals surface area contributed by atoms with E-state index in [-0.39, 0.29) is 24.2 Å². The van der Waals surface area contributed by atoms with Gasteiger partial charge in [-0.05, 0) is 41.6 Å². The van der Waals surface area contributed by atoms with Crippen LogP contribution in [0, 0.1) is 11.8 Å². The Kier molecular flexibility index (Phi) is 6.52. The highest BCUT2D eigenvalue weighted by Crippen LogP contribution is 2.43. The van der Waals surface area contributed by atoms with E-state index < -0.39 is 5.97 Å². The van der Waals surface area contributed by atoms with Gasteiger partial charge in [-0.25, -0.2) is 0 Å². The molecule has 132 valence electrons. The molecule has 2 unspecified atom stereocenters. The van der Waals surface area contributed by atoms with Crippen molar-refractivity contribution in [2.75, 3.05) is 4.43 Å². The summed E-state index contributed by atoms with van der Waals surface area (Å²) in [6.07, 6.45) is 4.71. The van der Waals surface area contributed by atoms with E-state index in [2.05, 4.69) is 34.7 Å². The standard InChI is InChI=1S/C19H25IO4/c20-8-4-7-16(19(21)22)18-10-14-9-15(11-17(14)24-18)23-12-13-5-2-1-3-6-13/h1-3,5-6,14-18H,4,7-12H2,(H,21,22)/t14-,15-,16?,17-,18?/m1/s1. The number of aliphatic carboxylic acids is 1. The summed E-state index contributed by atoms with van der Waals surface area (Å²) in [6.45, 7) is 0.641. The summed E-state index contributed by atoms with van der Waals surface area (Å²) >= 11 is 2.30. The second-order valence-corrected chi connectivity index (χ2v) is 7.95. The lowest BCUT2D eigenvalue weighted by atomic mass is 9.91. The Morgan fingerprint density at radius 2 is 2.08 bits per heavy atom. The Hall–Kier alpha value is -0.660. The normalized spacial score (nSPS) is 30.2. The van der Waals surface area contributed by atoms with Crippen LogP contribution in [-0.2, 0) is 20.9 Å². The zero-order valence-corrected chi connectivity index (χ0v) is 15.9. The van der Waals surface area contributed by atoms with Gasteiger partial charge in [0, 0.05) is 6.42 Å². The number of alkyl halides is 1. The minimum atomic E-state index is -0.707. The summed E-state index contributed by atoms with van der Waals surface area (Å²) in [6, 6.07) is 10.2. The van der Waals surface area contributed by atoms with E-state index in [1.54, 1.807) is 0 Å². The van der Waals surface area contributed by atoms with E-state index >= 15 is 0 Å². The van der Waals surface area contributed by atoms with Crippen molar-refractivity contribution in [1.82, 2.24) is 0 Å². The van der Waals surface area contributed by atoms with Crippen molar-refractivity contribution >= 4 is 28.6 Å². The van der Waals surface area contributed by atoms with Crippen molar-refractivity contribution in [2.24, 2.45) is 11.8 Å². The third kappa shape index (κ3) is 4.49. The second kappa shape index (κ2) is 8.63. The van der Waals surface area contributed by atoms with Crippen molar-refractivity contribution in [3.8, 4) is 0 Å². The van der Waals surface area contributed by atoms with Crippen LogP contribution < -0.4 is 0 Å². The number of rotatable bonds is 8. The smallest absolute Gasteiger partial charge is 0.309 e. The number of ether oxygens (including phenoxy) is 2. The maximum absolute atomic E-state index is 11.5. The third-order valence-electron chi connectivity index (χ3n) is 5.21. The lowest BCUT2D eigenvalue weighted by Gasteiger charge is -2.21. The summed E-state index contributed by atoms with van der Waals surface area (Å²) in [5, 5.41) is 9.48. The predicted octanol–water partition coefficient (Wildman–Crippen LogP) is 4.06. The molecule has 1 saturated carbocycles. The molecule has 24 heavy (non-hydrogen) atoms. The summed E-state index contributed by atoms with van der Waals surface area (Å²) in [5.41, 5.74) is 1.19. The van der Waals surface area contributed by atoms with Gasteiger partial charge in [0.2, 0.25) is 0 Å². The highest BCUT2D eigenvalue weighted by atomic mass is 127. The number of hydrogen-bond donors (Lipinski definition) is 1. The van der Waals surface area contributed by atoms with Crippen LogP contribution in [0.3, 0.4) is 0 Å². The number of hydrogen-bond acceptors (Lipinski definition) is 3. The van der Waals surface area contributed by atoms with Crippen LogP contribution in [0.25, 0.3) is 0 Å². The van der Waals surface area contributed by atoms with E-state index in [0.717, 1.165) is 36.5 Å². The first-order valence-corrected chi connectivity index (χ1v) is 10.3. The number of carbonyl (C=O) groups is 1. The lowest BCUT2D eigenvalue weighted by molar-refractivity contribution is -0.147. The van der Waals surface area contributed by atoms with Crippen LogP contribution in [0.5, 0.6) is 0 Å². The highest BCUT2D eigenvalue weighted by Gasteiger charge is 2.46. The molecule has 1 aromatic carbocycles. The van der Waals surface area contributed by atoms with E-state index in [1.807, 2.05) is 18.2 Å². The second-order valence-electron chi connectivity index (χ2n) is 6.87. The maximum Gasteiger partial charge on any atom is 0.309 e. The topological polar surface area (TPSA) is 55.8 Å². The molecular weight excluding hydrogens is 419 g/mol. The number of fused-ring (bicyclic) bond motifs is 1. The fraction of sp³-hybridized carbons (Fsp3) is 0.632. The molecule has 3 rings (SSSR count). The van der Waals surface area contributed by atoms with Crippen molar-refractivity contribution in [2.45, 2.75) is 57.0 Å². The van der Waals surface area contributed by atoms with Gasteiger partial charge in [-0.3, -0.25) is 4.79 Å². The Morgan fingerprint density at radius 1 is 1.29 bits per heavy atom. The van der Waals surface area contributed by atoms with E-state index in [0.29, 0.717) is 12.5 Å². The average molecular weight is 444 g/mol. The molecule has 2 aliphatic rings. The van der Waals surface area contributed by atoms with Gasteiger partial charge in [0.1, 0.15) is 0 Å². The van der Waals surface area contributed by atoms with E-state index in [9.17, 15) is 9.90 Å². The molecule has 4 nitrogen and oxygen atoms in total. The molecule has 0 aromatic heterocycles. The Morgan fingerprint density at radius 3 is 2.75 bits per heavy atom. The maximum atomic E-state index is 11.5. The van der Waals surface area contributed by atoms with Gasteiger partial charge >= 0.3 is 5.97 Å². The van der Waals surface area contributed by atoms with Crippen LogP contribution >= 0.6 is 22.6 Å². The molecule has 1 aromatic rings. The van der Waals surface area contributed by atoms with Crippen LogP contribution in [0.15, 0.2) is 30.3 Å². The number of halogens is 1.